The largest absolute Gasteiger partial charge is 0.496 e. The number of rotatable bonds is 2. The van der Waals surface area contributed by atoms with E-state index in [1.165, 1.54) is 25.3 Å². The zero-order valence-electron chi connectivity index (χ0n) is 14.5. The smallest absolute Gasteiger partial charge is 0.257 e. The first kappa shape index (κ1) is 18.1. The van der Waals surface area contributed by atoms with E-state index in [1.807, 2.05) is 0 Å². The molecule has 138 valence electrons. The minimum atomic E-state index is -1.19. The summed E-state index contributed by atoms with van der Waals surface area (Å²) in [5.41, 5.74) is -1.72. The van der Waals surface area contributed by atoms with Crippen molar-refractivity contribution in [3.05, 3.63) is 29.6 Å². The molecule has 7 heteroatoms. The van der Waals surface area contributed by atoms with Crippen molar-refractivity contribution >= 4 is 5.91 Å². The molecule has 0 aromatic heterocycles. The van der Waals surface area contributed by atoms with Gasteiger partial charge in [-0.25, -0.2) is 4.39 Å². The summed E-state index contributed by atoms with van der Waals surface area (Å²) in [7, 11) is 1.39. The molecule has 0 saturated carbocycles. The number of nitrogens with zero attached hydrogens (tertiary/aromatic N) is 1. The number of aliphatic hydroxyl groups is 2. The van der Waals surface area contributed by atoms with Crippen molar-refractivity contribution in [3.8, 4) is 5.75 Å². The normalized spacial score (nSPS) is 28.8. The van der Waals surface area contributed by atoms with E-state index < -0.39 is 23.1 Å². The predicted octanol–water partition coefficient (Wildman–Crippen LogP) is 1.34. The number of hydrogen-bond donors (Lipinski definition) is 2. The summed E-state index contributed by atoms with van der Waals surface area (Å²) in [6, 6.07) is 3.83. The van der Waals surface area contributed by atoms with Crippen LogP contribution in [-0.4, -0.2) is 65.1 Å². The van der Waals surface area contributed by atoms with Gasteiger partial charge in [0.25, 0.3) is 5.91 Å². The summed E-state index contributed by atoms with van der Waals surface area (Å²) in [4.78, 5) is 14.4. The number of benzene rings is 1. The molecule has 2 aliphatic rings. The number of piperidine rings is 1. The van der Waals surface area contributed by atoms with E-state index in [9.17, 15) is 19.4 Å². The fraction of sp³-hybridized carbons (Fsp3) is 0.611. The molecule has 1 aromatic rings. The molecule has 25 heavy (non-hydrogen) atoms. The molecule has 2 N–H and O–H groups in total. The second kappa shape index (κ2) is 6.55. The van der Waals surface area contributed by atoms with Gasteiger partial charge in [0.05, 0.1) is 24.9 Å². The number of aliphatic hydroxyl groups excluding tert-OH is 1. The molecule has 2 heterocycles. The zero-order valence-corrected chi connectivity index (χ0v) is 14.5. The summed E-state index contributed by atoms with van der Waals surface area (Å²) in [6.45, 7) is 2.76. The van der Waals surface area contributed by atoms with Crippen LogP contribution in [0.3, 0.4) is 0 Å². The third-order valence-corrected chi connectivity index (χ3v) is 5.38. The Balaban J connectivity index is 1.73. The van der Waals surface area contributed by atoms with Crippen molar-refractivity contribution in [2.45, 2.75) is 43.5 Å². The molecule has 6 nitrogen and oxygen atoms in total. The fourth-order valence-electron chi connectivity index (χ4n) is 3.76. The van der Waals surface area contributed by atoms with Gasteiger partial charge in [0.1, 0.15) is 23.3 Å². The van der Waals surface area contributed by atoms with Crippen molar-refractivity contribution in [1.82, 2.24) is 4.90 Å². The second-order valence-electron chi connectivity index (χ2n) is 7.06. The SMILES string of the molecule is COc1cc(F)ccc1C(=O)N1CCC2(CC1)OCC[C@@](C)(O)[C@@H]2O. The molecule has 0 bridgehead atoms. The van der Waals surface area contributed by atoms with Crippen LogP contribution in [0.4, 0.5) is 4.39 Å². The van der Waals surface area contributed by atoms with Gasteiger partial charge in [-0.3, -0.25) is 4.79 Å². The summed E-state index contributed by atoms with van der Waals surface area (Å²) in [5, 5.41) is 20.9. The van der Waals surface area contributed by atoms with Crippen molar-refractivity contribution < 1.29 is 28.9 Å². The molecule has 1 aromatic carbocycles. The number of hydrogen-bond acceptors (Lipinski definition) is 5. The van der Waals surface area contributed by atoms with Crippen LogP contribution in [0.5, 0.6) is 5.75 Å². The summed E-state index contributed by atoms with van der Waals surface area (Å²) in [6.07, 6.45) is 0.246. The quantitative estimate of drug-likeness (QED) is 0.839. The summed E-state index contributed by atoms with van der Waals surface area (Å²) in [5.74, 6) is -0.516. The first-order chi connectivity index (χ1) is 11.8. The van der Waals surface area contributed by atoms with Crippen molar-refractivity contribution in [1.29, 1.82) is 0 Å². The Morgan fingerprint density at radius 3 is 2.68 bits per heavy atom. The monoisotopic (exact) mass is 353 g/mol. The Labute approximate surface area is 146 Å². The number of halogens is 1. The van der Waals surface area contributed by atoms with Crippen molar-refractivity contribution in [3.63, 3.8) is 0 Å². The number of ether oxygens (including phenoxy) is 2. The van der Waals surface area contributed by atoms with Crippen LogP contribution >= 0.6 is 0 Å². The van der Waals surface area contributed by atoms with Crippen LogP contribution in [0.1, 0.15) is 36.5 Å². The lowest BCUT2D eigenvalue weighted by Crippen LogP contribution is -2.64. The zero-order chi connectivity index (χ0) is 18.2. The molecule has 0 aliphatic carbocycles. The first-order valence-electron chi connectivity index (χ1n) is 8.46. The summed E-state index contributed by atoms with van der Waals surface area (Å²) >= 11 is 0. The molecule has 3 rings (SSSR count). The highest BCUT2D eigenvalue weighted by atomic mass is 19.1. The molecule has 2 fully saturated rings. The molecular formula is C18H24FNO5. The lowest BCUT2D eigenvalue weighted by Gasteiger charge is -2.51. The number of amides is 1. The average Bonchev–Trinajstić information content (AvgIpc) is 2.59. The molecule has 2 saturated heterocycles. The van der Waals surface area contributed by atoms with Crippen molar-refractivity contribution in [2.24, 2.45) is 0 Å². The van der Waals surface area contributed by atoms with Gasteiger partial charge >= 0.3 is 0 Å². The molecule has 1 spiro atoms. The third-order valence-electron chi connectivity index (χ3n) is 5.38. The number of carbonyl (C=O) groups excluding carboxylic acids is 1. The van der Waals surface area contributed by atoms with Crippen LogP contribution in [0.25, 0.3) is 0 Å². The highest BCUT2D eigenvalue weighted by Gasteiger charge is 2.53. The minimum Gasteiger partial charge on any atom is -0.496 e. The standard InChI is InChI=1S/C18H24FNO5/c1-17(23)7-10-25-18(16(17)22)5-8-20(9-6-18)15(21)13-4-3-12(19)11-14(13)24-2/h3-4,11,16,22-23H,5-10H2,1-2H3/t16-,17+/m0/s1. The van der Waals surface area contributed by atoms with Gasteiger partial charge in [0.15, 0.2) is 0 Å². The van der Waals surface area contributed by atoms with Crippen LogP contribution < -0.4 is 4.74 Å². The molecule has 2 atom stereocenters. The van der Waals surface area contributed by atoms with Gasteiger partial charge in [-0.2, -0.15) is 0 Å². The van der Waals surface area contributed by atoms with Gasteiger partial charge in [0, 0.05) is 25.6 Å². The van der Waals surface area contributed by atoms with Gasteiger partial charge in [0.2, 0.25) is 0 Å². The lowest BCUT2D eigenvalue weighted by molar-refractivity contribution is -0.244. The average molecular weight is 353 g/mol. The Bertz CT molecular complexity index is 655. The molecule has 2 aliphatic heterocycles. The van der Waals surface area contributed by atoms with E-state index in [0.29, 0.717) is 44.5 Å². The topological polar surface area (TPSA) is 79.2 Å². The Morgan fingerprint density at radius 2 is 2.04 bits per heavy atom. The van der Waals surface area contributed by atoms with Gasteiger partial charge < -0.3 is 24.6 Å². The van der Waals surface area contributed by atoms with Crippen molar-refractivity contribution in [2.75, 3.05) is 26.8 Å². The van der Waals surface area contributed by atoms with Gasteiger partial charge in [-0.1, -0.05) is 0 Å². The minimum absolute atomic E-state index is 0.196. The van der Waals surface area contributed by atoms with E-state index >= 15 is 0 Å². The number of methoxy groups -OCH3 is 1. The van der Waals surface area contributed by atoms with Crippen LogP contribution in [0.15, 0.2) is 18.2 Å². The lowest BCUT2D eigenvalue weighted by atomic mass is 9.75. The first-order valence-corrected chi connectivity index (χ1v) is 8.46. The maximum atomic E-state index is 13.3. The van der Waals surface area contributed by atoms with E-state index in [-0.39, 0.29) is 11.7 Å². The molecule has 0 unspecified atom stereocenters. The van der Waals surface area contributed by atoms with E-state index in [0.717, 1.165) is 0 Å². The van der Waals surface area contributed by atoms with E-state index in [1.54, 1.807) is 11.8 Å². The number of carbonyl (C=O) groups is 1. The Hall–Kier alpha value is -1.70. The maximum absolute atomic E-state index is 13.3. The molecule has 0 radical (unpaired) electrons. The third kappa shape index (κ3) is 3.23. The second-order valence-corrected chi connectivity index (χ2v) is 7.06. The molecular weight excluding hydrogens is 329 g/mol. The maximum Gasteiger partial charge on any atom is 0.257 e. The van der Waals surface area contributed by atoms with Crippen LogP contribution in [0, 0.1) is 5.82 Å². The van der Waals surface area contributed by atoms with Crippen LogP contribution in [0.2, 0.25) is 0 Å². The van der Waals surface area contributed by atoms with E-state index in [4.69, 9.17) is 9.47 Å². The Morgan fingerprint density at radius 1 is 1.36 bits per heavy atom. The van der Waals surface area contributed by atoms with Crippen LogP contribution in [-0.2, 0) is 4.74 Å². The number of likely N-dealkylation sites (tertiary alicyclic amines) is 1. The van der Waals surface area contributed by atoms with E-state index in [2.05, 4.69) is 0 Å². The Kier molecular flexibility index (Phi) is 4.74. The van der Waals surface area contributed by atoms with Gasteiger partial charge in [-0.15, -0.1) is 0 Å². The fourth-order valence-corrected chi connectivity index (χ4v) is 3.76. The molecule has 1 amide bonds. The predicted molar refractivity (Wildman–Crippen MR) is 88.0 cm³/mol. The van der Waals surface area contributed by atoms with Gasteiger partial charge in [-0.05, 0) is 31.9 Å². The highest BCUT2D eigenvalue weighted by Crippen LogP contribution is 2.40. The summed E-state index contributed by atoms with van der Waals surface area (Å²) < 4.78 is 24.3. The highest BCUT2D eigenvalue weighted by molar-refractivity contribution is 5.97.